The van der Waals surface area contributed by atoms with Gasteiger partial charge in [-0.1, -0.05) is 152 Å². The van der Waals surface area contributed by atoms with Gasteiger partial charge in [0.25, 0.3) is 0 Å². The number of fused-ring (bicyclic) bond motifs is 1. The number of hydrogen-bond donors (Lipinski definition) is 0. The van der Waals surface area contributed by atoms with Crippen LogP contribution < -0.4 is 0 Å². The fraction of sp³-hybridized carbons (Fsp3) is 0. The van der Waals surface area contributed by atoms with Crippen LogP contribution in [0.3, 0.4) is 0 Å². The number of nitrogens with zero attached hydrogens (tertiary/aromatic N) is 3. The first-order chi connectivity index (χ1) is 22.8. The van der Waals surface area contributed by atoms with Gasteiger partial charge < -0.3 is 0 Å². The fourth-order valence-electron chi connectivity index (χ4n) is 6.06. The molecule has 0 N–H and O–H groups in total. The molecule has 0 aliphatic carbocycles. The predicted octanol–water partition coefficient (Wildman–Crippen LogP) is 11.0. The lowest BCUT2D eigenvalue weighted by molar-refractivity contribution is 1.18. The Bertz CT molecular complexity index is 2250. The summed E-state index contributed by atoms with van der Waals surface area (Å²) in [5.74, 6) is 0.695. The summed E-state index contributed by atoms with van der Waals surface area (Å²) in [6.07, 6.45) is 5.65. The Hall–Kier alpha value is -6.19. The van der Waals surface area contributed by atoms with E-state index < -0.39 is 0 Å². The molecule has 0 saturated heterocycles. The molecule has 2 heterocycles. The summed E-state index contributed by atoms with van der Waals surface area (Å²) in [7, 11) is 0. The molecule has 3 heteroatoms. The normalized spacial score (nSPS) is 11.0. The van der Waals surface area contributed by atoms with Gasteiger partial charge in [-0.05, 0) is 55.8 Å². The van der Waals surface area contributed by atoms with E-state index in [-0.39, 0.29) is 0 Å². The van der Waals surface area contributed by atoms with E-state index in [1.807, 2.05) is 24.5 Å². The molecule has 0 saturated carbocycles. The highest BCUT2D eigenvalue weighted by molar-refractivity contribution is 5.96. The van der Waals surface area contributed by atoms with Gasteiger partial charge in [0.1, 0.15) is 0 Å². The van der Waals surface area contributed by atoms with Crippen molar-refractivity contribution in [2.45, 2.75) is 0 Å². The molecule has 0 fully saturated rings. The topological polar surface area (TPSA) is 38.7 Å². The van der Waals surface area contributed by atoms with E-state index in [0.717, 1.165) is 39.1 Å². The Morgan fingerprint density at radius 2 is 0.913 bits per heavy atom. The summed E-state index contributed by atoms with van der Waals surface area (Å²) >= 11 is 0. The molecule has 0 radical (unpaired) electrons. The molecule has 0 aliphatic heterocycles. The van der Waals surface area contributed by atoms with Crippen molar-refractivity contribution in [3.63, 3.8) is 0 Å². The SMILES string of the molecule is c1ccc(-c2ccc(-c3cnc(-c4ccc(-c5cccc6ccccc56)cc4)nc3-c3ccc(-c4cccnc4)cc3)cc2)cc1. The zero-order valence-corrected chi connectivity index (χ0v) is 25.1. The lowest BCUT2D eigenvalue weighted by Gasteiger charge is -2.13. The van der Waals surface area contributed by atoms with Crippen molar-refractivity contribution >= 4 is 10.8 Å². The molecule has 0 atom stereocenters. The fourth-order valence-corrected chi connectivity index (χ4v) is 6.06. The van der Waals surface area contributed by atoms with E-state index in [0.29, 0.717) is 5.82 Å². The summed E-state index contributed by atoms with van der Waals surface area (Å²) in [5, 5.41) is 2.48. The van der Waals surface area contributed by atoms with Crippen LogP contribution in [0.5, 0.6) is 0 Å². The highest BCUT2D eigenvalue weighted by atomic mass is 14.9. The van der Waals surface area contributed by atoms with Crippen LogP contribution in [0.15, 0.2) is 176 Å². The van der Waals surface area contributed by atoms with E-state index in [1.54, 1.807) is 6.20 Å². The van der Waals surface area contributed by atoms with Crippen LogP contribution in [0.4, 0.5) is 0 Å². The Labute approximate surface area is 268 Å². The van der Waals surface area contributed by atoms with Crippen LogP contribution in [0, 0.1) is 0 Å². The highest BCUT2D eigenvalue weighted by Gasteiger charge is 2.14. The molecule has 8 aromatic rings. The summed E-state index contributed by atoms with van der Waals surface area (Å²) in [4.78, 5) is 14.4. The van der Waals surface area contributed by atoms with Crippen molar-refractivity contribution in [2.75, 3.05) is 0 Å². The number of rotatable bonds is 6. The average molecular weight is 588 g/mol. The molecule has 0 aliphatic rings. The minimum Gasteiger partial charge on any atom is -0.264 e. The Morgan fingerprint density at radius 3 is 1.65 bits per heavy atom. The maximum absolute atomic E-state index is 5.20. The molecule has 0 spiro atoms. The molecule has 2 aromatic heterocycles. The third-order valence-corrected chi connectivity index (χ3v) is 8.49. The quantitative estimate of drug-likeness (QED) is 0.194. The van der Waals surface area contributed by atoms with Gasteiger partial charge in [-0.15, -0.1) is 0 Å². The van der Waals surface area contributed by atoms with Crippen LogP contribution in [0.1, 0.15) is 0 Å². The predicted molar refractivity (Wildman–Crippen MR) is 190 cm³/mol. The van der Waals surface area contributed by atoms with E-state index in [1.165, 1.54) is 33.0 Å². The first-order valence-electron chi connectivity index (χ1n) is 15.4. The molecule has 6 aromatic carbocycles. The third kappa shape index (κ3) is 5.36. The summed E-state index contributed by atoms with van der Waals surface area (Å²) in [6, 6.07) is 55.2. The second kappa shape index (κ2) is 12.1. The number of hydrogen-bond acceptors (Lipinski definition) is 3. The Kier molecular flexibility index (Phi) is 7.18. The Morgan fingerprint density at radius 1 is 0.348 bits per heavy atom. The lowest BCUT2D eigenvalue weighted by atomic mass is 9.96. The molecule has 8 rings (SSSR count). The molecular weight excluding hydrogens is 558 g/mol. The second-order valence-corrected chi connectivity index (χ2v) is 11.3. The standard InChI is InChI=1S/C43H29N3/c1-2-8-30(9-3-1)31-15-19-35(20-16-31)41-29-45-43(46-42(41)36-23-17-32(18-24-36)38-12-7-27-44-28-38)37-25-21-34(22-26-37)40-14-6-11-33-10-4-5-13-39(33)40/h1-29H. The molecule has 46 heavy (non-hydrogen) atoms. The first-order valence-corrected chi connectivity index (χ1v) is 15.4. The zero-order valence-electron chi connectivity index (χ0n) is 25.1. The molecule has 0 unspecified atom stereocenters. The van der Waals surface area contributed by atoms with Gasteiger partial charge in [0.2, 0.25) is 0 Å². The number of pyridine rings is 1. The van der Waals surface area contributed by atoms with Crippen molar-refractivity contribution in [1.82, 2.24) is 15.0 Å². The third-order valence-electron chi connectivity index (χ3n) is 8.49. The maximum Gasteiger partial charge on any atom is 0.159 e. The molecule has 0 amide bonds. The summed E-state index contributed by atoms with van der Waals surface area (Å²) in [5.41, 5.74) is 11.9. The van der Waals surface area contributed by atoms with Gasteiger partial charge in [0.15, 0.2) is 5.82 Å². The maximum atomic E-state index is 5.20. The van der Waals surface area contributed by atoms with Gasteiger partial charge >= 0.3 is 0 Å². The van der Waals surface area contributed by atoms with Crippen LogP contribution in [-0.4, -0.2) is 15.0 Å². The average Bonchev–Trinajstić information content (AvgIpc) is 3.15. The van der Waals surface area contributed by atoms with Crippen molar-refractivity contribution < 1.29 is 0 Å². The van der Waals surface area contributed by atoms with Gasteiger partial charge in [0, 0.05) is 35.3 Å². The van der Waals surface area contributed by atoms with Crippen LogP contribution >= 0.6 is 0 Å². The largest absolute Gasteiger partial charge is 0.264 e. The van der Waals surface area contributed by atoms with Crippen molar-refractivity contribution in [1.29, 1.82) is 0 Å². The number of aromatic nitrogens is 3. The smallest absolute Gasteiger partial charge is 0.159 e. The van der Waals surface area contributed by atoms with Crippen molar-refractivity contribution in [3.8, 4) is 67.2 Å². The van der Waals surface area contributed by atoms with Gasteiger partial charge in [-0.3, -0.25) is 4.98 Å². The van der Waals surface area contributed by atoms with Gasteiger partial charge in [-0.2, -0.15) is 0 Å². The van der Waals surface area contributed by atoms with Crippen molar-refractivity contribution in [2.24, 2.45) is 0 Å². The second-order valence-electron chi connectivity index (χ2n) is 11.3. The Balaban J connectivity index is 1.19. The molecular formula is C43H29N3. The minimum atomic E-state index is 0.695. The van der Waals surface area contributed by atoms with Crippen molar-refractivity contribution in [3.05, 3.63) is 176 Å². The van der Waals surface area contributed by atoms with Gasteiger partial charge in [0.05, 0.1) is 5.69 Å². The van der Waals surface area contributed by atoms with E-state index in [4.69, 9.17) is 9.97 Å². The van der Waals surface area contributed by atoms with E-state index in [2.05, 4.69) is 151 Å². The molecule has 216 valence electrons. The minimum absolute atomic E-state index is 0.695. The van der Waals surface area contributed by atoms with Crippen LogP contribution in [-0.2, 0) is 0 Å². The van der Waals surface area contributed by atoms with Crippen LogP contribution in [0.2, 0.25) is 0 Å². The number of benzene rings is 6. The monoisotopic (exact) mass is 587 g/mol. The summed E-state index contributed by atoms with van der Waals surface area (Å²) in [6.45, 7) is 0. The zero-order chi connectivity index (χ0) is 30.7. The van der Waals surface area contributed by atoms with Crippen LogP contribution in [0.25, 0.3) is 77.9 Å². The van der Waals surface area contributed by atoms with Gasteiger partial charge in [-0.25, -0.2) is 9.97 Å². The van der Waals surface area contributed by atoms with E-state index in [9.17, 15) is 0 Å². The van der Waals surface area contributed by atoms with E-state index >= 15 is 0 Å². The highest BCUT2D eigenvalue weighted by Crippen LogP contribution is 2.35. The summed E-state index contributed by atoms with van der Waals surface area (Å²) < 4.78 is 0. The first kappa shape index (κ1) is 27.4. The lowest BCUT2D eigenvalue weighted by Crippen LogP contribution is -1.96. The molecule has 3 nitrogen and oxygen atoms in total. The molecule has 0 bridgehead atoms.